The van der Waals surface area contributed by atoms with E-state index in [0.717, 1.165) is 16.5 Å². The van der Waals surface area contributed by atoms with Crippen LogP contribution in [0.15, 0.2) is 24.3 Å². The Morgan fingerprint density at radius 2 is 1.85 bits per heavy atom. The number of rotatable bonds is 6. The van der Waals surface area contributed by atoms with E-state index in [9.17, 15) is 22.8 Å². The number of fused-ring (bicyclic) bond motifs is 1. The Hall–Kier alpha value is -2.64. The van der Waals surface area contributed by atoms with Gasteiger partial charge < -0.3 is 9.64 Å². The average Bonchev–Trinajstić information content (AvgIpc) is 2.57. The number of ether oxygens (including phenoxy) is 1. The van der Waals surface area contributed by atoms with E-state index >= 15 is 0 Å². The topological polar surface area (TPSA) is 59.5 Å². The molecule has 1 amide bonds. The smallest absolute Gasteiger partial charge is 0.406 e. The molecular weight excluding hydrogens is 361 g/mol. The molecule has 0 fully saturated rings. The molecule has 1 aromatic carbocycles. The molecule has 1 aromatic heterocycles. The van der Waals surface area contributed by atoms with Crippen LogP contribution < -0.4 is 0 Å². The van der Waals surface area contributed by atoms with Gasteiger partial charge in [-0.1, -0.05) is 18.2 Å². The summed E-state index contributed by atoms with van der Waals surface area (Å²) in [6, 6.07) is 7.34. The van der Waals surface area contributed by atoms with Gasteiger partial charge in [0.15, 0.2) is 0 Å². The Labute approximate surface area is 155 Å². The molecule has 5 nitrogen and oxygen atoms in total. The molecule has 0 bridgehead atoms. The van der Waals surface area contributed by atoms with Crippen molar-refractivity contribution in [1.82, 2.24) is 9.88 Å². The van der Waals surface area contributed by atoms with Crippen LogP contribution in [-0.4, -0.2) is 47.6 Å². The molecule has 0 saturated heterocycles. The highest BCUT2D eigenvalue weighted by Crippen LogP contribution is 2.24. The maximum atomic E-state index is 12.8. The van der Waals surface area contributed by atoms with Gasteiger partial charge in [0.2, 0.25) is 5.91 Å². The summed E-state index contributed by atoms with van der Waals surface area (Å²) >= 11 is 0. The van der Waals surface area contributed by atoms with Gasteiger partial charge in [-0.25, -0.2) is 0 Å². The molecule has 27 heavy (non-hydrogen) atoms. The lowest BCUT2D eigenvalue weighted by molar-refractivity contribution is -0.167. The minimum absolute atomic E-state index is 0.0275. The van der Waals surface area contributed by atoms with Gasteiger partial charge in [-0.3, -0.25) is 14.6 Å². The van der Waals surface area contributed by atoms with Crippen LogP contribution in [0.1, 0.15) is 23.7 Å². The number of aryl methyl sites for hydroxylation is 2. The van der Waals surface area contributed by atoms with Crippen molar-refractivity contribution in [3.05, 3.63) is 41.1 Å². The first kappa shape index (κ1) is 20.7. The summed E-state index contributed by atoms with van der Waals surface area (Å²) in [5.41, 5.74) is 2.68. The maximum Gasteiger partial charge on any atom is 0.406 e. The fourth-order valence-electron chi connectivity index (χ4n) is 2.90. The molecule has 1 heterocycles. The summed E-state index contributed by atoms with van der Waals surface area (Å²) < 4.78 is 43.2. The maximum absolute atomic E-state index is 12.8. The van der Waals surface area contributed by atoms with Crippen LogP contribution in [0.5, 0.6) is 0 Å². The van der Waals surface area contributed by atoms with E-state index in [-0.39, 0.29) is 13.0 Å². The first-order chi connectivity index (χ1) is 12.6. The number of para-hydroxylation sites is 1. The number of carbonyl (C=O) groups excluding carboxylic acids is 2. The highest BCUT2D eigenvalue weighted by molar-refractivity contribution is 5.88. The molecule has 0 N–H and O–H groups in total. The molecule has 8 heteroatoms. The van der Waals surface area contributed by atoms with Crippen LogP contribution in [0.4, 0.5) is 13.2 Å². The Morgan fingerprint density at radius 1 is 1.19 bits per heavy atom. The van der Waals surface area contributed by atoms with Crippen LogP contribution in [0.25, 0.3) is 10.9 Å². The van der Waals surface area contributed by atoms with Crippen LogP contribution in [0, 0.1) is 13.8 Å². The number of halogens is 3. The van der Waals surface area contributed by atoms with Gasteiger partial charge in [0.05, 0.1) is 18.5 Å². The van der Waals surface area contributed by atoms with E-state index in [1.54, 1.807) is 20.8 Å². The number of carbonyl (C=O) groups is 2. The van der Waals surface area contributed by atoms with Crippen LogP contribution >= 0.6 is 0 Å². The fraction of sp³-hybridized carbons (Fsp3) is 0.421. The summed E-state index contributed by atoms with van der Waals surface area (Å²) in [5, 5.41) is 0.832. The molecule has 2 rings (SSSR count). The summed E-state index contributed by atoms with van der Waals surface area (Å²) in [4.78, 5) is 29.1. The number of amides is 1. The number of pyridine rings is 1. The number of nitrogens with zero attached hydrogens (tertiary/aromatic N) is 2. The zero-order valence-electron chi connectivity index (χ0n) is 15.4. The third-order valence-corrected chi connectivity index (χ3v) is 4.16. The average molecular weight is 382 g/mol. The number of hydrogen-bond acceptors (Lipinski definition) is 4. The summed E-state index contributed by atoms with van der Waals surface area (Å²) in [5.74, 6) is -1.68. The Bertz CT molecular complexity index is 850. The van der Waals surface area contributed by atoms with Crippen molar-refractivity contribution in [1.29, 1.82) is 0 Å². The van der Waals surface area contributed by atoms with Crippen molar-refractivity contribution in [2.75, 3.05) is 19.7 Å². The summed E-state index contributed by atoms with van der Waals surface area (Å²) in [7, 11) is 0. The van der Waals surface area contributed by atoms with E-state index in [2.05, 4.69) is 9.72 Å². The predicted octanol–water partition coefficient (Wildman–Crippen LogP) is 3.35. The van der Waals surface area contributed by atoms with Gasteiger partial charge in [-0.2, -0.15) is 13.2 Å². The lowest BCUT2D eigenvalue weighted by atomic mass is 9.99. The predicted molar refractivity (Wildman–Crippen MR) is 94.2 cm³/mol. The number of alkyl halides is 3. The second-order valence-electron chi connectivity index (χ2n) is 6.16. The van der Waals surface area contributed by atoms with Crippen LogP contribution in [0.2, 0.25) is 0 Å². The van der Waals surface area contributed by atoms with Gasteiger partial charge in [0.25, 0.3) is 0 Å². The van der Waals surface area contributed by atoms with Crippen molar-refractivity contribution < 1.29 is 27.5 Å². The molecule has 0 unspecified atom stereocenters. The van der Waals surface area contributed by atoms with Crippen molar-refractivity contribution in [2.24, 2.45) is 0 Å². The summed E-state index contributed by atoms with van der Waals surface area (Å²) in [6.45, 7) is 2.83. The van der Waals surface area contributed by atoms with Gasteiger partial charge in [0.1, 0.15) is 13.1 Å². The Balaban J connectivity index is 2.30. The van der Waals surface area contributed by atoms with Gasteiger partial charge in [-0.15, -0.1) is 0 Å². The lowest BCUT2D eigenvalue weighted by Crippen LogP contribution is -2.43. The van der Waals surface area contributed by atoms with Gasteiger partial charge >= 0.3 is 12.1 Å². The van der Waals surface area contributed by atoms with Gasteiger partial charge in [0, 0.05) is 11.1 Å². The van der Waals surface area contributed by atoms with Crippen molar-refractivity contribution in [3.63, 3.8) is 0 Å². The van der Waals surface area contributed by atoms with Gasteiger partial charge in [-0.05, 0) is 38.0 Å². The molecule has 0 aliphatic heterocycles. The minimum atomic E-state index is -4.62. The highest BCUT2D eigenvalue weighted by atomic mass is 19.4. The second kappa shape index (κ2) is 8.37. The molecule has 2 aromatic rings. The second-order valence-corrected chi connectivity index (χ2v) is 6.16. The number of aromatic nitrogens is 1. The quantitative estimate of drug-likeness (QED) is 0.719. The monoisotopic (exact) mass is 382 g/mol. The summed E-state index contributed by atoms with van der Waals surface area (Å²) in [6.07, 6.45) is -4.89. The first-order valence-electron chi connectivity index (χ1n) is 8.47. The van der Waals surface area contributed by atoms with E-state index in [4.69, 9.17) is 0 Å². The van der Waals surface area contributed by atoms with Crippen molar-refractivity contribution in [2.45, 2.75) is 33.4 Å². The largest absolute Gasteiger partial charge is 0.465 e. The van der Waals surface area contributed by atoms with E-state index in [0.29, 0.717) is 16.2 Å². The number of esters is 1. The molecule has 0 radical (unpaired) electrons. The van der Waals surface area contributed by atoms with Crippen LogP contribution in [0.3, 0.4) is 0 Å². The Kier molecular flexibility index (Phi) is 6.41. The van der Waals surface area contributed by atoms with Crippen molar-refractivity contribution >= 4 is 22.8 Å². The normalized spacial score (nSPS) is 11.5. The first-order valence-corrected chi connectivity index (χ1v) is 8.47. The zero-order chi connectivity index (χ0) is 20.2. The molecule has 0 spiro atoms. The SMILES string of the molecule is CCOC(=O)CN(CC(F)(F)F)C(=O)Cc1c(C)nc2ccccc2c1C. The molecule has 0 saturated carbocycles. The zero-order valence-corrected chi connectivity index (χ0v) is 15.4. The third-order valence-electron chi connectivity index (χ3n) is 4.16. The lowest BCUT2D eigenvalue weighted by Gasteiger charge is -2.24. The van der Waals surface area contributed by atoms with E-state index in [1.807, 2.05) is 24.3 Å². The molecule has 146 valence electrons. The minimum Gasteiger partial charge on any atom is -0.465 e. The van der Waals surface area contributed by atoms with Crippen LogP contribution in [-0.2, 0) is 20.7 Å². The molecule has 0 aliphatic rings. The van der Waals surface area contributed by atoms with E-state index < -0.39 is 31.1 Å². The fourth-order valence-corrected chi connectivity index (χ4v) is 2.90. The third kappa shape index (κ3) is 5.42. The van der Waals surface area contributed by atoms with Crippen molar-refractivity contribution in [3.8, 4) is 0 Å². The van der Waals surface area contributed by atoms with E-state index in [1.165, 1.54) is 0 Å². The standard InChI is InChI=1S/C19H21F3N2O3/c1-4-27-18(26)10-24(11-19(20,21)22)17(25)9-15-12(2)14-7-5-6-8-16(14)23-13(15)3/h5-8H,4,9-11H2,1-3H3. The Morgan fingerprint density at radius 3 is 2.48 bits per heavy atom. The number of benzene rings is 1. The highest BCUT2D eigenvalue weighted by Gasteiger charge is 2.34. The number of hydrogen-bond donors (Lipinski definition) is 0. The molecule has 0 atom stereocenters. The molecule has 0 aliphatic carbocycles. The molecular formula is C19H21F3N2O3.